The Morgan fingerprint density at radius 3 is 2.11 bits per heavy atom. The molecule has 3 saturated heterocycles. The number of H-pyrrole nitrogens is 2. The van der Waals surface area contributed by atoms with Gasteiger partial charge in [0, 0.05) is 11.4 Å². The van der Waals surface area contributed by atoms with E-state index in [9.17, 15) is 33.5 Å². The summed E-state index contributed by atoms with van der Waals surface area (Å²) in [6.45, 7) is -1.70. The number of carbonyl (C=O) groups is 1. The maximum absolute atomic E-state index is 16.3. The molecule has 54 heavy (non-hydrogen) atoms. The Bertz CT molecular complexity index is 2320. The van der Waals surface area contributed by atoms with E-state index in [2.05, 4.69) is 29.9 Å². The molecule has 0 aromatic carbocycles. The van der Waals surface area contributed by atoms with Gasteiger partial charge in [-0.1, -0.05) is 0 Å². The summed E-state index contributed by atoms with van der Waals surface area (Å²) in [5.74, 6) is -1.92. The minimum absolute atomic E-state index is 0.143. The number of carbonyl (C=O) groups excluding carboxylic acids is 1. The van der Waals surface area contributed by atoms with Crippen LogP contribution in [0.3, 0.4) is 0 Å². The molecule has 4 unspecified atom stereocenters. The Hall–Kier alpha value is -3.81. The number of aromatic amines is 2. The van der Waals surface area contributed by atoms with Gasteiger partial charge in [0.15, 0.2) is 41.0 Å². The van der Waals surface area contributed by atoms with Crippen LogP contribution in [0, 0.1) is 5.41 Å². The molecule has 4 aromatic rings. The standard InChI is InChI=1S/C26H33FN10O14P2S/c1-26(2,3)23(41)45-8-54-53(44)47-5-10-15(11(27)21(49-10)36-6-30-12-17(36)32-24(28)34-19(12)39)50-52(42,43)46-4-9-14(38)16(51-53)22(48-9)37-7-31-13-18(37)33-25(29)35-20(13)40/h6-7,9-11,14-16,21-22,38H,4-5,8H2,1-3H3,(H,42,43)(H3,28,32,34,39)(H3,29,33,35,40)/t9-,10-,11+,14+,15?,16?,21-,22-,53?/m1/s1. The number of rotatable bonds is 5. The third-order valence-electron chi connectivity index (χ3n) is 8.35. The predicted octanol–water partition coefficient (Wildman–Crippen LogP) is 0.217. The molecule has 294 valence electrons. The van der Waals surface area contributed by atoms with Crippen molar-refractivity contribution in [1.82, 2.24) is 39.0 Å². The molecule has 3 fully saturated rings. The molecule has 7 rings (SSSR count). The number of phosphoric acid groups is 1. The third-order valence-corrected chi connectivity index (χ3v) is 12.7. The van der Waals surface area contributed by atoms with Crippen molar-refractivity contribution in [1.29, 1.82) is 0 Å². The average Bonchev–Trinajstić information content (AvgIpc) is 3.83. The molecule has 3 aliphatic heterocycles. The highest BCUT2D eigenvalue weighted by atomic mass is 32.7. The Morgan fingerprint density at radius 1 is 0.963 bits per heavy atom. The predicted molar refractivity (Wildman–Crippen MR) is 181 cm³/mol. The molecule has 3 aliphatic rings. The molecular weight excluding hydrogens is 789 g/mol. The van der Waals surface area contributed by atoms with Gasteiger partial charge < -0.3 is 35.7 Å². The number of esters is 1. The van der Waals surface area contributed by atoms with Crippen LogP contribution in [0.15, 0.2) is 22.2 Å². The molecule has 0 amide bonds. The van der Waals surface area contributed by atoms with Crippen LogP contribution >= 0.6 is 26.0 Å². The number of nitrogens with one attached hydrogen (secondary N) is 2. The van der Waals surface area contributed by atoms with E-state index < -0.39 is 105 Å². The van der Waals surface area contributed by atoms with Gasteiger partial charge in [-0.25, -0.2) is 23.5 Å². The number of nitrogens with two attached hydrogens (primary N) is 2. The maximum atomic E-state index is 16.3. The SMILES string of the molecule is CC(C)(C)C(=O)OCSP1(=O)OC[C@H]2O[C@@H](n3cnc4c(=O)[nH]c(N)nc43)[C@@H](F)C2OP(=O)(O)OC[C@H]2O[C@@H](n3cnc4c(=O)[nH]c(N)nc43)C(O1)[C@H]2O. The first kappa shape index (κ1) is 38.5. The van der Waals surface area contributed by atoms with Crippen molar-refractivity contribution in [3.8, 4) is 0 Å². The van der Waals surface area contributed by atoms with Gasteiger partial charge in [0.25, 0.3) is 11.1 Å². The van der Waals surface area contributed by atoms with E-state index in [0.717, 1.165) is 21.8 Å². The van der Waals surface area contributed by atoms with Crippen LogP contribution in [0.2, 0.25) is 0 Å². The number of nitrogens with zero attached hydrogens (tertiary/aromatic N) is 6. The number of ether oxygens (including phenoxy) is 3. The number of aromatic nitrogens is 8. The number of aliphatic hydroxyl groups excluding tert-OH is 1. The molecule has 0 radical (unpaired) electrons. The van der Waals surface area contributed by atoms with Gasteiger partial charge in [-0.2, -0.15) is 9.97 Å². The fraction of sp³-hybridized carbons (Fsp3) is 0.577. The van der Waals surface area contributed by atoms with Crippen LogP contribution < -0.4 is 22.6 Å². The highest BCUT2D eigenvalue weighted by Gasteiger charge is 2.55. The molecule has 8 N–H and O–H groups in total. The van der Waals surface area contributed by atoms with Crippen LogP contribution in [-0.2, 0) is 46.2 Å². The van der Waals surface area contributed by atoms with Crippen LogP contribution in [-0.4, -0.2) is 111 Å². The highest BCUT2D eigenvalue weighted by Crippen LogP contribution is 2.64. The molecule has 0 saturated carbocycles. The van der Waals surface area contributed by atoms with Crippen LogP contribution in [0.25, 0.3) is 22.3 Å². The minimum Gasteiger partial charge on any atom is -0.454 e. The fourth-order valence-electron chi connectivity index (χ4n) is 5.75. The number of imidazole rings is 2. The second-order valence-electron chi connectivity index (χ2n) is 13.2. The number of alkyl halides is 1. The number of nitrogen functional groups attached to an aromatic ring is 2. The number of fused-ring (bicyclic) bond motifs is 5. The number of hydrogen-bond donors (Lipinski definition) is 6. The zero-order chi connectivity index (χ0) is 38.9. The van der Waals surface area contributed by atoms with E-state index in [-0.39, 0.29) is 34.2 Å². The first-order valence-corrected chi connectivity index (χ1v) is 20.5. The molecule has 2 bridgehead atoms. The van der Waals surface area contributed by atoms with Crippen molar-refractivity contribution in [2.45, 2.75) is 69.9 Å². The number of anilines is 2. The fourth-order valence-corrected chi connectivity index (χ4v) is 9.48. The Labute approximate surface area is 304 Å². The summed E-state index contributed by atoms with van der Waals surface area (Å²) in [5, 5.41) is 11.4. The van der Waals surface area contributed by atoms with Crippen molar-refractivity contribution in [2.75, 3.05) is 30.6 Å². The van der Waals surface area contributed by atoms with E-state index in [0.29, 0.717) is 11.4 Å². The van der Waals surface area contributed by atoms with Gasteiger partial charge in [-0.15, -0.1) is 0 Å². The van der Waals surface area contributed by atoms with Crippen molar-refractivity contribution in [3.05, 3.63) is 33.4 Å². The monoisotopic (exact) mass is 822 g/mol. The zero-order valence-corrected chi connectivity index (χ0v) is 30.8. The lowest BCUT2D eigenvalue weighted by molar-refractivity contribution is -0.150. The lowest BCUT2D eigenvalue weighted by atomic mass is 9.98. The molecule has 0 aliphatic carbocycles. The first-order valence-electron chi connectivity index (χ1n) is 15.8. The number of aliphatic hydroxyl groups is 1. The summed E-state index contributed by atoms with van der Waals surface area (Å²) < 4.78 is 85.5. The van der Waals surface area contributed by atoms with Gasteiger partial charge in [-0.05, 0) is 20.8 Å². The number of hydrogen-bond acceptors (Lipinski definition) is 20. The lowest BCUT2D eigenvalue weighted by Gasteiger charge is -2.28. The molecular formula is C26H33FN10O14P2S. The molecule has 10 atom stereocenters. The minimum atomic E-state index is -5.24. The Morgan fingerprint density at radius 2 is 1.52 bits per heavy atom. The quantitative estimate of drug-likeness (QED) is 0.0890. The summed E-state index contributed by atoms with van der Waals surface area (Å²) in [6.07, 6.45) is -12.1. The smallest absolute Gasteiger partial charge is 0.454 e. The van der Waals surface area contributed by atoms with Gasteiger partial charge >= 0.3 is 20.6 Å². The summed E-state index contributed by atoms with van der Waals surface area (Å²) in [5.41, 5.74) is 8.23. The van der Waals surface area contributed by atoms with E-state index in [4.69, 9.17) is 43.8 Å². The second-order valence-corrected chi connectivity index (χ2v) is 18.6. The van der Waals surface area contributed by atoms with Crippen LogP contribution in [0.4, 0.5) is 16.3 Å². The first-order chi connectivity index (χ1) is 25.3. The molecule has 24 nitrogen and oxygen atoms in total. The Balaban J connectivity index is 1.25. The van der Waals surface area contributed by atoms with E-state index >= 15 is 4.39 Å². The summed E-state index contributed by atoms with van der Waals surface area (Å²) >= 11 is 0.369. The number of phosphoric ester groups is 1. The van der Waals surface area contributed by atoms with Gasteiger partial charge in [0.1, 0.15) is 36.5 Å². The second kappa shape index (κ2) is 14.0. The Kier molecular flexibility index (Phi) is 10.0. The van der Waals surface area contributed by atoms with E-state index in [1.807, 2.05) is 0 Å². The van der Waals surface area contributed by atoms with Crippen molar-refractivity contribution in [3.63, 3.8) is 0 Å². The molecule has 7 heterocycles. The van der Waals surface area contributed by atoms with Crippen molar-refractivity contribution < 1.29 is 60.6 Å². The van der Waals surface area contributed by atoms with Gasteiger partial charge in [-0.3, -0.25) is 51.6 Å². The topological polar surface area (TPSA) is 335 Å². The third kappa shape index (κ3) is 7.31. The van der Waals surface area contributed by atoms with Crippen molar-refractivity contribution >= 4 is 66.2 Å². The molecule has 0 spiro atoms. The number of halogens is 1. The summed E-state index contributed by atoms with van der Waals surface area (Å²) in [7, 11) is -5.24. The molecule has 4 aromatic heterocycles. The highest BCUT2D eigenvalue weighted by molar-refractivity contribution is 8.55. The summed E-state index contributed by atoms with van der Waals surface area (Å²) in [6, 6.07) is 0. The van der Waals surface area contributed by atoms with E-state index in [1.165, 1.54) is 0 Å². The summed E-state index contributed by atoms with van der Waals surface area (Å²) in [4.78, 5) is 68.7. The van der Waals surface area contributed by atoms with E-state index in [1.54, 1.807) is 20.8 Å². The average molecular weight is 823 g/mol. The normalized spacial score (nSPS) is 33.6. The zero-order valence-electron chi connectivity index (χ0n) is 28.2. The van der Waals surface area contributed by atoms with Crippen LogP contribution in [0.5, 0.6) is 0 Å². The maximum Gasteiger partial charge on any atom is 0.472 e. The molecule has 28 heteroatoms. The lowest BCUT2D eigenvalue weighted by Crippen LogP contribution is -2.35. The van der Waals surface area contributed by atoms with Gasteiger partial charge in [0.05, 0.1) is 31.3 Å². The largest absolute Gasteiger partial charge is 0.472 e. The van der Waals surface area contributed by atoms with Crippen LogP contribution in [0.1, 0.15) is 33.2 Å². The van der Waals surface area contributed by atoms with Gasteiger partial charge in [0.2, 0.25) is 11.9 Å². The van der Waals surface area contributed by atoms with Crippen molar-refractivity contribution in [2.24, 2.45) is 5.41 Å².